The Bertz CT molecular complexity index is 313. The summed E-state index contributed by atoms with van der Waals surface area (Å²) in [6, 6.07) is -0.675. The lowest BCUT2D eigenvalue weighted by Crippen LogP contribution is -2.45. The van der Waals surface area contributed by atoms with Gasteiger partial charge in [0.05, 0.1) is 13.7 Å². The van der Waals surface area contributed by atoms with E-state index in [1.165, 1.54) is 7.11 Å². The maximum absolute atomic E-state index is 11.8. The molecule has 0 spiro atoms. The molecule has 0 rings (SSSR count). The van der Waals surface area contributed by atoms with Crippen LogP contribution in [0.5, 0.6) is 0 Å². The van der Waals surface area contributed by atoms with Gasteiger partial charge in [0, 0.05) is 0 Å². The predicted octanol–water partition coefficient (Wildman–Crippen LogP) is 3.13. The molecule has 0 bridgehead atoms. The summed E-state index contributed by atoms with van der Waals surface area (Å²) < 4.78 is 9.78. The van der Waals surface area contributed by atoms with Crippen LogP contribution in [-0.2, 0) is 14.3 Å². The average Bonchev–Trinajstić information content (AvgIpc) is 2.36. The Kier molecular flexibility index (Phi) is 8.26. The van der Waals surface area contributed by atoms with Crippen molar-refractivity contribution in [2.75, 3.05) is 13.7 Å². The van der Waals surface area contributed by atoms with Crippen LogP contribution in [0.25, 0.3) is 0 Å². The smallest absolute Gasteiger partial charge is 0.407 e. The van der Waals surface area contributed by atoms with Gasteiger partial charge in [0.2, 0.25) is 0 Å². The highest BCUT2D eigenvalue weighted by molar-refractivity contribution is 5.81. The summed E-state index contributed by atoms with van der Waals surface area (Å²) in [7, 11) is 1.32. The van der Waals surface area contributed by atoms with E-state index >= 15 is 0 Å². The van der Waals surface area contributed by atoms with Gasteiger partial charge in [-0.2, -0.15) is 0 Å². The summed E-state index contributed by atoms with van der Waals surface area (Å²) in [5.74, 6) is -0.0567. The molecular weight excluding hydrogens is 258 g/mol. The minimum absolute atomic E-state index is 0.0877. The molecular formula is C15H29NO4. The lowest BCUT2D eigenvalue weighted by molar-refractivity contribution is -0.144. The van der Waals surface area contributed by atoms with Crippen LogP contribution in [-0.4, -0.2) is 31.8 Å². The number of esters is 1. The Hall–Kier alpha value is -1.26. The van der Waals surface area contributed by atoms with Gasteiger partial charge in [-0.15, -0.1) is 0 Å². The summed E-state index contributed by atoms with van der Waals surface area (Å²) in [6.07, 6.45) is 1.72. The standard InChI is InChI=1S/C15H29NO4/c1-7-8-9-20-14(18)16-12(13(17)19-6)10-15(4,5)11(2)3/h11-12H,7-10H2,1-6H3,(H,16,18). The van der Waals surface area contributed by atoms with E-state index in [0.29, 0.717) is 18.9 Å². The Morgan fingerprint density at radius 2 is 1.85 bits per heavy atom. The van der Waals surface area contributed by atoms with E-state index in [-0.39, 0.29) is 5.41 Å². The fourth-order valence-electron chi connectivity index (χ4n) is 1.59. The van der Waals surface area contributed by atoms with Gasteiger partial charge in [0.1, 0.15) is 6.04 Å². The van der Waals surface area contributed by atoms with Crippen LogP contribution in [0.15, 0.2) is 0 Å². The number of alkyl carbamates (subject to hydrolysis) is 1. The quantitative estimate of drug-likeness (QED) is 0.550. The van der Waals surface area contributed by atoms with E-state index in [4.69, 9.17) is 9.47 Å². The number of amides is 1. The molecule has 0 aromatic rings. The second kappa shape index (κ2) is 8.82. The van der Waals surface area contributed by atoms with Gasteiger partial charge < -0.3 is 14.8 Å². The topological polar surface area (TPSA) is 64.6 Å². The van der Waals surface area contributed by atoms with Gasteiger partial charge in [0.25, 0.3) is 0 Å². The van der Waals surface area contributed by atoms with Crippen molar-refractivity contribution < 1.29 is 19.1 Å². The number of unbranched alkanes of at least 4 members (excludes halogenated alkanes) is 1. The minimum Gasteiger partial charge on any atom is -0.467 e. The van der Waals surface area contributed by atoms with Gasteiger partial charge in [0.15, 0.2) is 0 Å². The number of ether oxygens (including phenoxy) is 2. The number of hydrogen-bond donors (Lipinski definition) is 1. The number of carbonyl (C=O) groups is 2. The SMILES string of the molecule is CCCCOC(=O)NC(CC(C)(C)C(C)C)C(=O)OC. The first-order valence-corrected chi connectivity index (χ1v) is 7.25. The van der Waals surface area contributed by atoms with Crippen LogP contribution in [0, 0.1) is 11.3 Å². The number of nitrogens with one attached hydrogen (secondary N) is 1. The molecule has 0 aromatic heterocycles. The molecule has 5 nitrogen and oxygen atoms in total. The van der Waals surface area contributed by atoms with Crippen molar-refractivity contribution in [1.82, 2.24) is 5.32 Å². The van der Waals surface area contributed by atoms with Crippen molar-refractivity contribution in [3.63, 3.8) is 0 Å². The summed E-state index contributed by atoms with van der Waals surface area (Å²) >= 11 is 0. The molecule has 0 radical (unpaired) electrons. The fourth-order valence-corrected chi connectivity index (χ4v) is 1.59. The second-order valence-corrected chi connectivity index (χ2v) is 6.06. The summed E-state index contributed by atoms with van der Waals surface area (Å²) in [6.45, 7) is 10.7. The Morgan fingerprint density at radius 3 is 2.30 bits per heavy atom. The maximum atomic E-state index is 11.8. The monoisotopic (exact) mass is 287 g/mol. The third-order valence-electron chi connectivity index (χ3n) is 3.80. The molecule has 0 fully saturated rings. The highest BCUT2D eigenvalue weighted by Crippen LogP contribution is 2.31. The van der Waals surface area contributed by atoms with E-state index < -0.39 is 18.1 Å². The zero-order valence-electron chi connectivity index (χ0n) is 13.6. The summed E-state index contributed by atoms with van der Waals surface area (Å²) in [5.41, 5.74) is -0.0877. The lowest BCUT2D eigenvalue weighted by atomic mass is 9.76. The first kappa shape index (κ1) is 18.7. The molecule has 0 heterocycles. The van der Waals surface area contributed by atoms with Crippen LogP contribution in [0.2, 0.25) is 0 Å². The molecule has 0 aliphatic carbocycles. The molecule has 1 N–H and O–H groups in total. The zero-order valence-corrected chi connectivity index (χ0v) is 13.6. The van der Waals surface area contributed by atoms with Crippen molar-refractivity contribution in [2.24, 2.45) is 11.3 Å². The Labute approximate surface area is 122 Å². The first-order valence-electron chi connectivity index (χ1n) is 7.25. The lowest BCUT2D eigenvalue weighted by Gasteiger charge is -2.32. The Balaban J connectivity index is 4.58. The van der Waals surface area contributed by atoms with Crippen LogP contribution in [0.4, 0.5) is 4.79 Å². The van der Waals surface area contributed by atoms with Crippen molar-refractivity contribution in [3.8, 4) is 0 Å². The van der Waals surface area contributed by atoms with Gasteiger partial charge in [-0.1, -0.05) is 41.0 Å². The number of carbonyl (C=O) groups excluding carboxylic acids is 2. The largest absolute Gasteiger partial charge is 0.467 e. The first-order chi connectivity index (χ1) is 9.24. The summed E-state index contributed by atoms with van der Waals surface area (Å²) in [5, 5.41) is 2.60. The number of hydrogen-bond acceptors (Lipinski definition) is 4. The van der Waals surface area contributed by atoms with Gasteiger partial charge >= 0.3 is 12.1 Å². The zero-order chi connectivity index (χ0) is 15.8. The molecule has 0 saturated carbocycles. The molecule has 20 heavy (non-hydrogen) atoms. The van der Waals surface area contributed by atoms with Crippen molar-refractivity contribution >= 4 is 12.1 Å². The predicted molar refractivity (Wildman–Crippen MR) is 78.4 cm³/mol. The third-order valence-corrected chi connectivity index (χ3v) is 3.80. The van der Waals surface area contributed by atoms with Crippen molar-refractivity contribution in [1.29, 1.82) is 0 Å². The van der Waals surface area contributed by atoms with Crippen molar-refractivity contribution in [2.45, 2.75) is 59.9 Å². The van der Waals surface area contributed by atoms with E-state index in [2.05, 4.69) is 33.0 Å². The molecule has 0 saturated heterocycles. The highest BCUT2D eigenvalue weighted by atomic mass is 16.6. The molecule has 0 aromatic carbocycles. The average molecular weight is 287 g/mol. The van der Waals surface area contributed by atoms with Crippen LogP contribution in [0.1, 0.15) is 53.9 Å². The molecule has 0 aliphatic heterocycles. The molecule has 118 valence electrons. The van der Waals surface area contributed by atoms with Gasteiger partial charge in [-0.25, -0.2) is 9.59 Å². The van der Waals surface area contributed by atoms with Gasteiger partial charge in [-0.05, 0) is 24.2 Å². The van der Waals surface area contributed by atoms with Crippen molar-refractivity contribution in [3.05, 3.63) is 0 Å². The van der Waals surface area contributed by atoms with E-state index in [1.54, 1.807) is 0 Å². The fraction of sp³-hybridized carbons (Fsp3) is 0.867. The highest BCUT2D eigenvalue weighted by Gasteiger charge is 2.32. The van der Waals surface area contributed by atoms with Crippen LogP contribution < -0.4 is 5.32 Å². The molecule has 1 unspecified atom stereocenters. The molecule has 0 aliphatic rings. The normalized spacial score (nSPS) is 12.9. The van der Waals surface area contributed by atoms with Gasteiger partial charge in [-0.3, -0.25) is 0 Å². The number of rotatable bonds is 8. The second-order valence-electron chi connectivity index (χ2n) is 6.06. The van der Waals surface area contributed by atoms with Crippen LogP contribution in [0.3, 0.4) is 0 Å². The maximum Gasteiger partial charge on any atom is 0.407 e. The van der Waals surface area contributed by atoms with E-state index in [1.807, 2.05) is 6.92 Å². The molecule has 1 amide bonds. The Morgan fingerprint density at radius 1 is 1.25 bits per heavy atom. The summed E-state index contributed by atoms with van der Waals surface area (Å²) in [4.78, 5) is 23.4. The van der Waals surface area contributed by atoms with Crippen LogP contribution >= 0.6 is 0 Å². The van der Waals surface area contributed by atoms with E-state index in [0.717, 1.165) is 12.8 Å². The van der Waals surface area contributed by atoms with E-state index in [9.17, 15) is 9.59 Å². The number of methoxy groups -OCH3 is 1. The third kappa shape index (κ3) is 6.78. The molecule has 5 heteroatoms. The minimum atomic E-state index is -0.675. The molecule has 1 atom stereocenters.